The molecule has 0 spiro atoms. The first kappa shape index (κ1) is 17.8. The monoisotopic (exact) mass is 362 g/mol. The summed E-state index contributed by atoms with van der Waals surface area (Å²) in [6, 6.07) is 0.249. The van der Waals surface area contributed by atoms with Crippen molar-refractivity contribution in [3.05, 3.63) is 11.7 Å². The van der Waals surface area contributed by atoms with E-state index in [9.17, 15) is 4.79 Å². The lowest BCUT2D eigenvalue weighted by molar-refractivity contribution is 0.125. The lowest BCUT2D eigenvalue weighted by Crippen LogP contribution is -2.45. The average molecular weight is 362 g/mol. The molecule has 1 saturated heterocycles. The molecule has 3 aliphatic rings. The van der Waals surface area contributed by atoms with E-state index in [-0.39, 0.29) is 12.1 Å². The Morgan fingerprint density at radius 3 is 2.81 bits per heavy atom. The molecule has 1 aromatic rings. The number of amides is 2. The molecular weight excluding hydrogens is 332 g/mol. The number of nitrogens with zero attached hydrogens (tertiary/aromatic N) is 3. The Morgan fingerprint density at radius 2 is 2.00 bits per heavy atom. The Bertz CT molecular complexity index is 595. The molecule has 2 amide bonds. The number of rotatable bonds is 7. The molecule has 144 valence electrons. The van der Waals surface area contributed by atoms with Gasteiger partial charge in [-0.2, -0.15) is 4.98 Å². The van der Waals surface area contributed by atoms with E-state index in [0.717, 1.165) is 44.8 Å². The number of carbonyl (C=O) groups excluding carboxylic acids is 1. The number of hydrogen-bond donors (Lipinski definition) is 1. The summed E-state index contributed by atoms with van der Waals surface area (Å²) in [6.07, 6.45) is 11.0. The Morgan fingerprint density at radius 1 is 1.15 bits per heavy atom. The van der Waals surface area contributed by atoms with Gasteiger partial charge in [0.15, 0.2) is 5.82 Å². The van der Waals surface area contributed by atoms with Crippen molar-refractivity contribution in [2.45, 2.75) is 76.3 Å². The smallest absolute Gasteiger partial charge is 0.318 e. The molecule has 4 rings (SSSR count). The second kappa shape index (κ2) is 8.37. The maximum absolute atomic E-state index is 12.7. The van der Waals surface area contributed by atoms with Crippen LogP contribution in [0.25, 0.3) is 0 Å². The molecule has 0 unspecified atom stereocenters. The van der Waals surface area contributed by atoms with Crippen molar-refractivity contribution in [3.63, 3.8) is 0 Å². The van der Waals surface area contributed by atoms with Crippen LogP contribution < -0.4 is 5.32 Å². The molecule has 1 atom stereocenters. The van der Waals surface area contributed by atoms with Crippen molar-refractivity contribution in [2.24, 2.45) is 5.92 Å². The minimum Gasteiger partial charge on any atom is -0.381 e. The second-order valence-electron chi connectivity index (χ2n) is 7.95. The van der Waals surface area contributed by atoms with Gasteiger partial charge in [0, 0.05) is 25.6 Å². The minimum absolute atomic E-state index is 0.0203. The van der Waals surface area contributed by atoms with Crippen LogP contribution in [0.4, 0.5) is 4.79 Å². The van der Waals surface area contributed by atoms with Crippen molar-refractivity contribution in [1.29, 1.82) is 0 Å². The summed E-state index contributed by atoms with van der Waals surface area (Å²) in [7, 11) is 0. The first-order valence-corrected chi connectivity index (χ1v) is 10.3. The van der Waals surface area contributed by atoms with Crippen LogP contribution >= 0.6 is 0 Å². The molecule has 7 heteroatoms. The van der Waals surface area contributed by atoms with Crippen LogP contribution in [0.15, 0.2) is 4.52 Å². The summed E-state index contributed by atoms with van der Waals surface area (Å²) in [5, 5.41) is 7.28. The number of urea groups is 1. The number of hydrogen-bond acceptors (Lipinski definition) is 5. The molecule has 3 fully saturated rings. The zero-order valence-corrected chi connectivity index (χ0v) is 15.5. The summed E-state index contributed by atoms with van der Waals surface area (Å²) < 4.78 is 11.1. The fraction of sp³-hybridized carbons (Fsp3) is 0.842. The van der Waals surface area contributed by atoms with Gasteiger partial charge in [-0.05, 0) is 44.4 Å². The molecular formula is C19H30N4O3. The first-order valence-electron chi connectivity index (χ1n) is 10.3. The molecule has 0 radical (unpaired) electrons. The van der Waals surface area contributed by atoms with Gasteiger partial charge in [-0.1, -0.05) is 24.4 Å². The Hall–Kier alpha value is -1.63. The van der Waals surface area contributed by atoms with Gasteiger partial charge in [-0.25, -0.2) is 4.79 Å². The van der Waals surface area contributed by atoms with E-state index in [1.807, 2.05) is 4.90 Å². The van der Waals surface area contributed by atoms with E-state index >= 15 is 0 Å². The molecule has 1 N–H and O–H groups in total. The average Bonchev–Trinajstić information content (AvgIpc) is 3.16. The van der Waals surface area contributed by atoms with Crippen LogP contribution in [0.5, 0.6) is 0 Å². The van der Waals surface area contributed by atoms with Crippen LogP contribution in [-0.2, 0) is 11.2 Å². The van der Waals surface area contributed by atoms with Crippen molar-refractivity contribution in [1.82, 2.24) is 20.4 Å². The fourth-order valence-corrected chi connectivity index (χ4v) is 3.97. The normalized spacial score (nSPS) is 24.2. The lowest BCUT2D eigenvalue weighted by atomic mass is 9.96. The van der Waals surface area contributed by atoms with Gasteiger partial charge in [0.1, 0.15) is 6.04 Å². The Balaban J connectivity index is 1.28. The van der Waals surface area contributed by atoms with Crippen molar-refractivity contribution >= 4 is 6.03 Å². The Kier molecular flexibility index (Phi) is 5.72. The number of carbonyl (C=O) groups is 1. The fourth-order valence-electron chi connectivity index (χ4n) is 3.97. The number of nitrogens with one attached hydrogen (secondary N) is 1. The molecule has 26 heavy (non-hydrogen) atoms. The number of ether oxygens (including phenoxy) is 1. The molecule has 2 saturated carbocycles. The third-order valence-corrected chi connectivity index (χ3v) is 5.74. The van der Waals surface area contributed by atoms with Crippen LogP contribution in [0.3, 0.4) is 0 Å². The first-order chi connectivity index (χ1) is 12.8. The van der Waals surface area contributed by atoms with Gasteiger partial charge in [-0.3, -0.25) is 0 Å². The number of aromatic nitrogens is 2. The van der Waals surface area contributed by atoms with Crippen molar-refractivity contribution in [2.75, 3.05) is 19.8 Å². The summed E-state index contributed by atoms with van der Waals surface area (Å²) in [5.74, 6) is 2.01. The van der Waals surface area contributed by atoms with Crippen molar-refractivity contribution in [3.8, 4) is 0 Å². The minimum atomic E-state index is -0.0905. The van der Waals surface area contributed by atoms with Gasteiger partial charge in [0.2, 0.25) is 5.89 Å². The highest BCUT2D eigenvalue weighted by Gasteiger charge is 2.35. The third-order valence-electron chi connectivity index (χ3n) is 5.74. The Labute approximate surface area is 154 Å². The zero-order valence-electron chi connectivity index (χ0n) is 15.5. The standard InChI is InChI=1S/C19H30N4O3/c24-19(20-15-5-2-1-3-6-15)23-11-4-7-16(23)18-21-17(22-26-18)10-12-25-13-14-8-9-14/h14-16H,1-13H2,(H,20,24)/t16-/m0/s1. The van der Waals surface area contributed by atoms with Crippen molar-refractivity contribution < 1.29 is 14.1 Å². The van der Waals surface area contributed by atoms with E-state index in [1.54, 1.807) is 0 Å². The second-order valence-corrected chi connectivity index (χ2v) is 7.95. The summed E-state index contributed by atoms with van der Waals surface area (Å²) >= 11 is 0. The molecule has 0 bridgehead atoms. The van der Waals surface area contributed by atoms with Gasteiger partial charge in [0.05, 0.1) is 6.61 Å². The maximum Gasteiger partial charge on any atom is 0.318 e. The van der Waals surface area contributed by atoms with Gasteiger partial charge >= 0.3 is 6.03 Å². The number of likely N-dealkylation sites (tertiary alicyclic amines) is 1. The van der Waals surface area contributed by atoms with E-state index < -0.39 is 0 Å². The van der Waals surface area contributed by atoms with Gasteiger partial charge < -0.3 is 19.5 Å². The van der Waals surface area contributed by atoms with Crippen LogP contribution in [0, 0.1) is 5.92 Å². The summed E-state index contributed by atoms with van der Waals surface area (Å²) in [5.41, 5.74) is 0. The van der Waals surface area contributed by atoms with Gasteiger partial charge in [-0.15, -0.1) is 0 Å². The highest BCUT2D eigenvalue weighted by atomic mass is 16.5. The molecule has 2 heterocycles. The molecule has 1 aromatic heterocycles. The third kappa shape index (κ3) is 4.55. The molecule has 1 aliphatic heterocycles. The molecule has 7 nitrogen and oxygen atoms in total. The zero-order chi connectivity index (χ0) is 17.8. The molecule has 2 aliphatic carbocycles. The summed E-state index contributed by atoms with van der Waals surface area (Å²) in [4.78, 5) is 19.1. The SMILES string of the molecule is O=C(NC1CCCCC1)N1CCC[C@H]1c1nc(CCOCC2CC2)no1. The van der Waals surface area contributed by atoms with E-state index in [1.165, 1.54) is 32.1 Å². The largest absolute Gasteiger partial charge is 0.381 e. The maximum atomic E-state index is 12.7. The predicted molar refractivity (Wildman–Crippen MR) is 95.6 cm³/mol. The van der Waals surface area contributed by atoms with Crippen LogP contribution in [-0.4, -0.2) is 46.9 Å². The molecule has 0 aromatic carbocycles. The van der Waals surface area contributed by atoms with Crippen LogP contribution in [0.1, 0.15) is 75.5 Å². The quantitative estimate of drug-likeness (QED) is 0.753. The topological polar surface area (TPSA) is 80.5 Å². The van der Waals surface area contributed by atoms with E-state index in [4.69, 9.17) is 9.26 Å². The van der Waals surface area contributed by atoms with Crippen LogP contribution in [0.2, 0.25) is 0 Å². The van der Waals surface area contributed by atoms with Gasteiger partial charge in [0.25, 0.3) is 0 Å². The lowest BCUT2D eigenvalue weighted by Gasteiger charge is -2.28. The summed E-state index contributed by atoms with van der Waals surface area (Å²) in [6.45, 7) is 2.24. The highest BCUT2D eigenvalue weighted by molar-refractivity contribution is 5.75. The van der Waals surface area contributed by atoms with E-state index in [2.05, 4.69) is 15.5 Å². The predicted octanol–water partition coefficient (Wildman–Crippen LogP) is 3.22. The van der Waals surface area contributed by atoms with E-state index in [0.29, 0.717) is 30.8 Å². The highest BCUT2D eigenvalue weighted by Crippen LogP contribution is 2.31.